The molecular formula is C19H13Cl2N3O4S3. The lowest BCUT2D eigenvalue weighted by molar-refractivity contribution is 0.599. The van der Waals surface area contributed by atoms with E-state index in [9.17, 15) is 16.8 Å². The Bertz CT molecular complexity index is 1490. The zero-order valence-electron chi connectivity index (χ0n) is 15.4. The van der Waals surface area contributed by atoms with Crippen LogP contribution in [0.2, 0.25) is 10.0 Å². The highest BCUT2D eigenvalue weighted by molar-refractivity contribution is 7.94. The molecule has 2 aromatic heterocycles. The molecule has 2 aromatic carbocycles. The van der Waals surface area contributed by atoms with E-state index in [4.69, 9.17) is 23.2 Å². The van der Waals surface area contributed by atoms with Crippen LogP contribution in [0.15, 0.2) is 75.3 Å². The Balaban J connectivity index is 1.74. The van der Waals surface area contributed by atoms with Gasteiger partial charge < -0.3 is 0 Å². The molecule has 0 saturated carbocycles. The minimum absolute atomic E-state index is 0.0510. The van der Waals surface area contributed by atoms with Gasteiger partial charge >= 0.3 is 0 Å². The minimum atomic E-state index is -4.11. The van der Waals surface area contributed by atoms with Gasteiger partial charge in [0.25, 0.3) is 20.0 Å². The lowest BCUT2D eigenvalue weighted by Gasteiger charge is -2.15. The van der Waals surface area contributed by atoms with E-state index in [-0.39, 0.29) is 30.5 Å². The number of hydrogen-bond acceptors (Lipinski definition) is 6. The second-order valence-corrected chi connectivity index (χ2v) is 11.7. The van der Waals surface area contributed by atoms with Crippen molar-refractivity contribution in [3.05, 3.63) is 76.2 Å². The van der Waals surface area contributed by atoms with Crippen LogP contribution in [0, 0.1) is 0 Å². The fraction of sp³-hybridized carbons (Fsp3) is 0. The van der Waals surface area contributed by atoms with Crippen LogP contribution in [0.1, 0.15) is 0 Å². The van der Waals surface area contributed by atoms with Crippen molar-refractivity contribution in [3.63, 3.8) is 0 Å². The smallest absolute Gasteiger partial charge is 0.271 e. The third-order valence-electron chi connectivity index (χ3n) is 4.18. The molecule has 0 amide bonds. The first-order chi connectivity index (χ1) is 14.7. The predicted octanol–water partition coefficient (Wildman–Crippen LogP) is 5.20. The summed E-state index contributed by atoms with van der Waals surface area (Å²) < 4.78 is 56.0. The fourth-order valence-corrected chi connectivity index (χ4v) is 6.17. The summed E-state index contributed by atoms with van der Waals surface area (Å²) in [6, 6.07) is 14.0. The van der Waals surface area contributed by atoms with Crippen LogP contribution in [0.4, 0.5) is 11.4 Å². The Morgan fingerprint density at radius 2 is 1.45 bits per heavy atom. The van der Waals surface area contributed by atoms with Gasteiger partial charge in [0, 0.05) is 11.6 Å². The van der Waals surface area contributed by atoms with Crippen molar-refractivity contribution >= 4 is 76.9 Å². The Labute approximate surface area is 192 Å². The van der Waals surface area contributed by atoms with Crippen LogP contribution in [-0.2, 0) is 20.0 Å². The first-order valence-corrected chi connectivity index (χ1v) is 13.2. The number of halogens is 2. The molecule has 0 saturated heterocycles. The van der Waals surface area contributed by atoms with Crippen LogP contribution in [0.25, 0.3) is 10.9 Å². The second-order valence-electron chi connectivity index (χ2n) is 6.32. The predicted molar refractivity (Wildman–Crippen MR) is 124 cm³/mol. The van der Waals surface area contributed by atoms with Gasteiger partial charge in [-0.2, -0.15) is 0 Å². The maximum absolute atomic E-state index is 13.0. The molecule has 0 atom stereocenters. The van der Waals surface area contributed by atoms with Gasteiger partial charge in [0.05, 0.1) is 26.9 Å². The number of nitrogens with one attached hydrogen (secondary N) is 2. The number of para-hydroxylation sites is 1. The summed E-state index contributed by atoms with van der Waals surface area (Å²) in [6.07, 6.45) is 1.22. The molecular weight excluding hydrogens is 501 g/mol. The van der Waals surface area contributed by atoms with Crippen LogP contribution >= 0.6 is 34.5 Å². The average Bonchev–Trinajstić information content (AvgIpc) is 3.27. The largest absolute Gasteiger partial charge is 0.277 e. The fourth-order valence-electron chi connectivity index (χ4n) is 2.73. The normalized spacial score (nSPS) is 12.1. The molecule has 0 bridgehead atoms. The number of aromatic nitrogens is 1. The summed E-state index contributed by atoms with van der Waals surface area (Å²) >= 11 is 13.1. The number of fused-ring (bicyclic) bond motifs is 1. The van der Waals surface area contributed by atoms with Crippen LogP contribution in [0.3, 0.4) is 0 Å². The van der Waals surface area contributed by atoms with E-state index < -0.39 is 20.0 Å². The van der Waals surface area contributed by atoms with Gasteiger partial charge in [-0.15, -0.1) is 11.3 Å². The van der Waals surface area contributed by atoms with Crippen molar-refractivity contribution in [2.24, 2.45) is 0 Å². The highest BCUT2D eigenvalue weighted by Crippen LogP contribution is 2.35. The van der Waals surface area contributed by atoms with Gasteiger partial charge in [-0.25, -0.2) is 16.8 Å². The molecule has 0 aliphatic rings. The van der Waals surface area contributed by atoms with E-state index in [1.807, 2.05) is 0 Å². The zero-order chi connectivity index (χ0) is 22.2. The van der Waals surface area contributed by atoms with Crippen molar-refractivity contribution in [1.82, 2.24) is 4.98 Å². The third kappa shape index (κ3) is 4.63. The van der Waals surface area contributed by atoms with E-state index in [0.717, 1.165) is 11.3 Å². The molecule has 0 fully saturated rings. The van der Waals surface area contributed by atoms with Gasteiger partial charge in [0.2, 0.25) is 0 Å². The summed E-state index contributed by atoms with van der Waals surface area (Å²) in [7, 11) is -8.06. The Morgan fingerprint density at radius 1 is 0.806 bits per heavy atom. The summed E-state index contributed by atoms with van der Waals surface area (Å²) in [4.78, 5) is 4.07. The molecule has 4 aromatic rings. The van der Waals surface area contributed by atoms with E-state index >= 15 is 0 Å². The van der Waals surface area contributed by atoms with Crippen LogP contribution in [-0.4, -0.2) is 21.8 Å². The van der Waals surface area contributed by atoms with Gasteiger partial charge in [-0.1, -0.05) is 47.5 Å². The third-order valence-corrected chi connectivity index (χ3v) is 9.00. The average molecular weight is 514 g/mol. The number of anilines is 2. The summed E-state index contributed by atoms with van der Waals surface area (Å²) in [5.41, 5.74) is 0.489. The van der Waals surface area contributed by atoms with Gasteiger partial charge in [-0.05, 0) is 35.7 Å². The second kappa shape index (κ2) is 8.29. The highest BCUT2D eigenvalue weighted by Gasteiger charge is 2.22. The molecule has 2 N–H and O–H groups in total. The number of sulfonamides is 2. The maximum atomic E-state index is 13.0. The molecule has 0 radical (unpaired) electrons. The maximum Gasteiger partial charge on any atom is 0.271 e. The van der Waals surface area contributed by atoms with Crippen molar-refractivity contribution < 1.29 is 16.8 Å². The van der Waals surface area contributed by atoms with Gasteiger partial charge in [-0.3, -0.25) is 14.4 Å². The lowest BCUT2D eigenvalue weighted by atomic mass is 10.2. The number of thiophene rings is 1. The Hall–Kier alpha value is -2.37. The van der Waals surface area contributed by atoms with Crippen molar-refractivity contribution in [2.45, 2.75) is 9.10 Å². The summed E-state index contributed by atoms with van der Waals surface area (Å²) in [5, 5.41) is 2.36. The van der Waals surface area contributed by atoms with Crippen molar-refractivity contribution in [3.8, 4) is 0 Å². The van der Waals surface area contributed by atoms with Crippen LogP contribution in [0.5, 0.6) is 0 Å². The standard InChI is InChI=1S/C19H13Cl2N3O4S3/c20-14-9-17(18(10-15(14)21)24-31(27,28)19-6-3-7-29-19)23-30(25,26)13-8-12-4-1-2-5-16(12)22-11-13/h1-11,23-24H. The lowest BCUT2D eigenvalue weighted by Crippen LogP contribution is -2.17. The molecule has 0 spiro atoms. The van der Waals surface area contributed by atoms with Crippen LogP contribution < -0.4 is 9.44 Å². The molecule has 31 heavy (non-hydrogen) atoms. The summed E-state index contributed by atoms with van der Waals surface area (Å²) in [5.74, 6) is 0. The number of hydrogen-bond donors (Lipinski definition) is 2. The summed E-state index contributed by atoms with van der Waals surface area (Å²) in [6.45, 7) is 0. The monoisotopic (exact) mass is 513 g/mol. The Morgan fingerprint density at radius 3 is 2.10 bits per heavy atom. The number of nitrogens with zero attached hydrogens (tertiary/aromatic N) is 1. The quantitative estimate of drug-likeness (QED) is 0.368. The molecule has 160 valence electrons. The first-order valence-electron chi connectivity index (χ1n) is 8.59. The van der Waals surface area contributed by atoms with Crippen molar-refractivity contribution in [1.29, 1.82) is 0 Å². The topological polar surface area (TPSA) is 105 Å². The number of rotatable bonds is 6. The SMILES string of the molecule is O=S(=O)(Nc1cc(Cl)c(Cl)cc1NS(=O)(=O)c1cccs1)c1cnc2ccccc2c1. The van der Waals surface area contributed by atoms with Crippen molar-refractivity contribution in [2.75, 3.05) is 9.44 Å². The molecule has 7 nitrogen and oxygen atoms in total. The molecule has 0 aliphatic heterocycles. The molecule has 12 heteroatoms. The molecule has 4 rings (SSSR count). The molecule has 0 aliphatic carbocycles. The first kappa shape index (κ1) is 21.8. The molecule has 2 heterocycles. The number of benzene rings is 2. The zero-order valence-corrected chi connectivity index (χ0v) is 19.4. The number of pyridine rings is 1. The van der Waals surface area contributed by atoms with E-state index in [2.05, 4.69) is 14.4 Å². The highest BCUT2D eigenvalue weighted by atomic mass is 35.5. The van der Waals surface area contributed by atoms with Gasteiger partial charge in [0.1, 0.15) is 9.10 Å². The van der Waals surface area contributed by atoms with E-state index in [1.54, 1.807) is 35.7 Å². The molecule has 0 unspecified atom stereocenters. The van der Waals surface area contributed by atoms with E-state index in [1.165, 1.54) is 30.5 Å². The minimum Gasteiger partial charge on any atom is -0.277 e. The van der Waals surface area contributed by atoms with Gasteiger partial charge in [0.15, 0.2) is 0 Å². The Kier molecular flexibility index (Phi) is 5.84. The van der Waals surface area contributed by atoms with E-state index in [0.29, 0.717) is 10.9 Å².